The fourth-order valence-corrected chi connectivity index (χ4v) is 2.78. The predicted octanol–water partition coefficient (Wildman–Crippen LogP) is 2.82. The number of methoxy groups -OCH3 is 1. The average molecular weight is 345 g/mol. The number of benzene rings is 1. The molecule has 1 aromatic rings. The quantitative estimate of drug-likeness (QED) is 0.893. The van der Waals surface area contributed by atoms with Crippen molar-refractivity contribution in [1.29, 1.82) is 0 Å². The Bertz CT molecular complexity index is 580. The number of halogens is 2. The van der Waals surface area contributed by atoms with Crippen LogP contribution < -0.4 is 5.32 Å². The maximum absolute atomic E-state index is 12.3. The first kappa shape index (κ1) is 17.1. The lowest BCUT2D eigenvalue weighted by Crippen LogP contribution is -2.38. The third-order valence-corrected chi connectivity index (χ3v) is 4.40. The minimum absolute atomic E-state index is 0.0289. The van der Waals surface area contributed by atoms with Gasteiger partial charge in [-0.2, -0.15) is 0 Å². The molecular weight excluding hydrogens is 327 g/mol. The molecule has 1 N–H and O–H groups in total. The van der Waals surface area contributed by atoms with Crippen LogP contribution in [0, 0.1) is 5.92 Å². The Kier molecular flexibility index (Phi) is 5.67. The van der Waals surface area contributed by atoms with Crippen LogP contribution >= 0.6 is 23.2 Å². The summed E-state index contributed by atoms with van der Waals surface area (Å²) in [5.41, 5.74) is 0.565. The van der Waals surface area contributed by atoms with Crippen molar-refractivity contribution in [3.63, 3.8) is 0 Å². The first-order chi connectivity index (χ1) is 10.4. The van der Waals surface area contributed by atoms with Crippen molar-refractivity contribution in [2.45, 2.75) is 19.4 Å². The summed E-state index contributed by atoms with van der Waals surface area (Å²) in [6, 6.07) is 4.84. The van der Waals surface area contributed by atoms with E-state index >= 15 is 0 Å². The van der Waals surface area contributed by atoms with Gasteiger partial charge in [0, 0.05) is 25.8 Å². The zero-order valence-electron chi connectivity index (χ0n) is 12.4. The molecule has 0 unspecified atom stereocenters. The van der Waals surface area contributed by atoms with Crippen LogP contribution in [0.25, 0.3) is 0 Å². The van der Waals surface area contributed by atoms with Crippen LogP contribution in [0.4, 0.5) is 5.69 Å². The molecule has 2 atom stereocenters. The number of likely N-dealkylation sites (tertiary alicyclic amines) is 1. The molecule has 7 heteroatoms. The van der Waals surface area contributed by atoms with Crippen molar-refractivity contribution in [2.24, 2.45) is 5.92 Å². The van der Waals surface area contributed by atoms with Crippen LogP contribution in [-0.4, -0.2) is 43.0 Å². The molecule has 120 valence electrons. The highest BCUT2D eigenvalue weighted by Crippen LogP contribution is 2.26. The molecule has 0 spiro atoms. The maximum atomic E-state index is 12.3. The lowest BCUT2D eigenvalue weighted by atomic mass is 10.1. The van der Waals surface area contributed by atoms with E-state index in [1.54, 1.807) is 30.2 Å². The smallest absolute Gasteiger partial charge is 0.229 e. The van der Waals surface area contributed by atoms with Crippen LogP contribution in [0.2, 0.25) is 10.0 Å². The number of hydrogen-bond donors (Lipinski definition) is 1. The number of carbonyl (C=O) groups is 2. The highest BCUT2D eigenvalue weighted by Gasteiger charge is 2.36. The second-order valence-corrected chi connectivity index (χ2v) is 6.18. The fraction of sp³-hybridized carbons (Fsp3) is 0.467. The van der Waals surface area contributed by atoms with Crippen molar-refractivity contribution < 1.29 is 14.3 Å². The third-order valence-electron chi connectivity index (χ3n) is 3.66. The van der Waals surface area contributed by atoms with E-state index in [1.807, 2.05) is 6.92 Å². The first-order valence-corrected chi connectivity index (χ1v) is 7.72. The van der Waals surface area contributed by atoms with Gasteiger partial charge in [-0.25, -0.2) is 0 Å². The van der Waals surface area contributed by atoms with E-state index in [4.69, 9.17) is 27.9 Å². The summed E-state index contributed by atoms with van der Waals surface area (Å²) < 4.78 is 5.06. The number of nitrogens with one attached hydrogen (secondary N) is 1. The summed E-state index contributed by atoms with van der Waals surface area (Å²) in [5.74, 6) is -0.598. The first-order valence-electron chi connectivity index (χ1n) is 6.96. The molecule has 1 fully saturated rings. The Morgan fingerprint density at radius 2 is 2.18 bits per heavy atom. The Morgan fingerprint density at radius 3 is 2.82 bits per heavy atom. The molecule has 22 heavy (non-hydrogen) atoms. The number of ether oxygens (including phenoxy) is 1. The number of anilines is 1. The van der Waals surface area contributed by atoms with Gasteiger partial charge in [0.1, 0.15) is 0 Å². The molecule has 0 radical (unpaired) electrons. The molecule has 0 aromatic heterocycles. The molecule has 2 amide bonds. The van der Waals surface area contributed by atoms with Crippen LogP contribution in [0.15, 0.2) is 18.2 Å². The van der Waals surface area contributed by atoms with Gasteiger partial charge in [0.2, 0.25) is 11.8 Å². The molecule has 5 nitrogen and oxygen atoms in total. The van der Waals surface area contributed by atoms with Crippen LogP contribution in [0.5, 0.6) is 0 Å². The Hall–Kier alpha value is -1.30. The molecule has 0 saturated carbocycles. The highest BCUT2D eigenvalue weighted by molar-refractivity contribution is 6.42. The lowest BCUT2D eigenvalue weighted by molar-refractivity contribution is -0.130. The number of hydrogen-bond acceptors (Lipinski definition) is 3. The average Bonchev–Trinajstić information content (AvgIpc) is 2.85. The number of amides is 2. The summed E-state index contributed by atoms with van der Waals surface area (Å²) in [7, 11) is 1.59. The summed E-state index contributed by atoms with van der Waals surface area (Å²) in [6.07, 6.45) is 0.210. The second kappa shape index (κ2) is 7.31. The molecule has 1 aliphatic heterocycles. The number of nitrogens with zero attached hydrogens (tertiary/aromatic N) is 1. The number of carbonyl (C=O) groups excluding carboxylic acids is 2. The van der Waals surface area contributed by atoms with Gasteiger partial charge in [-0.3, -0.25) is 9.59 Å². The van der Waals surface area contributed by atoms with Crippen LogP contribution in [-0.2, 0) is 14.3 Å². The van der Waals surface area contributed by atoms with E-state index in [2.05, 4.69) is 5.32 Å². The van der Waals surface area contributed by atoms with Crippen molar-refractivity contribution in [3.8, 4) is 0 Å². The SMILES string of the molecule is COC[C@@H](C)N1C[C@@H](C(=O)Nc2ccc(Cl)c(Cl)c2)CC1=O. The topological polar surface area (TPSA) is 58.6 Å². The Balaban J connectivity index is 1.99. The normalized spacial score (nSPS) is 19.4. The molecule has 0 bridgehead atoms. The highest BCUT2D eigenvalue weighted by atomic mass is 35.5. The van der Waals surface area contributed by atoms with E-state index in [0.717, 1.165) is 0 Å². The van der Waals surface area contributed by atoms with E-state index in [-0.39, 0.29) is 30.2 Å². The van der Waals surface area contributed by atoms with E-state index < -0.39 is 0 Å². The number of rotatable bonds is 5. The Morgan fingerprint density at radius 1 is 1.45 bits per heavy atom. The van der Waals surface area contributed by atoms with E-state index in [1.165, 1.54) is 0 Å². The summed E-state index contributed by atoms with van der Waals surface area (Å²) in [5, 5.41) is 3.57. The van der Waals surface area contributed by atoms with E-state index in [0.29, 0.717) is 28.9 Å². The van der Waals surface area contributed by atoms with Gasteiger partial charge in [-0.1, -0.05) is 23.2 Å². The molecular formula is C15H18Cl2N2O3. The van der Waals surface area contributed by atoms with Gasteiger partial charge in [0.15, 0.2) is 0 Å². The third kappa shape index (κ3) is 3.91. The van der Waals surface area contributed by atoms with Gasteiger partial charge in [0.05, 0.1) is 28.6 Å². The van der Waals surface area contributed by atoms with Gasteiger partial charge in [-0.15, -0.1) is 0 Å². The largest absolute Gasteiger partial charge is 0.383 e. The minimum Gasteiger partial charge on any atom is -0.383 e. The minimum atomic E-state index is -0.374. The van der Waals surface area contributed by atoms with Gasteiger partial charge >= 0.3 is 0 Å². The molecule has 1 aliphatic rings. The molecule has 1 heterocycles. The zero-order valence-corrected chi connectivity index (χ0v) is 13.9. The van der Waals surface area contributed by atoms with Gasteiger partial charge in [0.25, 0.3) is 0 Å². The summed E-state index contributed by atoms with van der Waals surface area (Å²) in [6.45, 7) is 2.75. The van der Waals surface area contributed by atoms with Crippen molar-refractivity contribution in [2.75, 3.05) is 25.6 Å². The molecule has 0 aliphatic carbocycles. The zero-order chi connectivity index (χ0) is 16.3. The standard InChI is InChI=1S/C15H18Cl2N2O3/c1-9(8-22-2)19-7-10(5-14(19)20)15(21)18-11-3-4-12(16)13(17)6-11/h3-4,6,9-10H,5,7-8H2,1-2H3,(H,18,21)/t9-,10+/m1/s1. The van der Waals surface area contributed by atoms with Crippen LogP contribution in [0.1, 0.15) is 13.3 Å². The molecule has 1 saturated heterocycles. The molecule has 1 aromatic carbocycles. The van der Waals surface area contributed by atoms with Crippen molar-refractivity contribution in [1.82, 2.24) is 4.90 Å². The predicted molar refractivity (Wildman–Crippen MR) is 86.2 cm³/mol. The lowest BCUT2D eigenvalue weighted by Gasteiger charge is -2.23. The van der Waals surface area contributed by atoms with E-state index in [9.17, 15) is 9.59 Å². The van der Waals surface area contributed by atoms with Crippen molar-refractivity contribution >= 4 is 40.7 Å². The summed E-state index contributed by atoms with van der Waals surface area (Å²) in [4.78, 5) is 26.0. The van der Waals surface area contributed by atoms with Gasteiger partial charge < -0.3 is 15.0 Å². The maximum Gasteiger partial charge on any atom is 0.229 e. The molecule has 2 rings (SSSR count). The van der Waals surface area contributed by atoms with Crippen LogP contribution in [0.3, 0.4) is 0 Å². The Labute approximate surface area is 139 Å². The monoisotopic (exact) mass is 344 g/mol. The van der Waals surface area contributed by atoms with Crippen molar-refractivity contribution in [3.05, 3.63) is 28.2 Å². The van der Waals surface area contributed by atoms with Gasteiger partial charge in [-0.05, 0) is 25.1 Å². The fourth-order valence-electron chi connectivity index (χ4n) is 2.48. The second-order valence-electron chi connectivity index (χ2n) is 5.37. The summed E-state index contributed by atoms with van der Waals surface area (Å²) >= 11 is 11.8.